The van der Waals surface area contributed by atoms with Crippen LogP contribution in [0, 0.1) is 24.2 Å². The van der Waals surface area contributed by atoms with Crippen LogP contribution in [0.3, 0.4) is 0 Å². The SMILES string of the molecule is C/C(=C\CCC[C@H](C)[C@@H](O)C(C)C(=O)C(C)(C)[C@@H]1CCOC(C)(C)O1)C[C@H](O[Si](c1ccccc1)(c1ccccc1)C(C)(C)C)/C(C)=C/c1csc(C)n1. The van der Waals surface area contributed by atoms with Gasteiger partial charge in [0.1, 0.15) is 5.78 Å². The lowest BCUT2D eigenvalue weighted by Crippen LogP contribution is -2.67. The summed E-state index contributed by atoms with van der Waals surface area (Å²) in [6, 6.07) is 21.7. The number of hydrogen-bond acceptors (Lipinski definition) is 7. The van der Waals surface area contributed by atoms with Crippen molar-refractivity contribution in [3.8, 4) is 0 Å². The Kier molecular flexibility index (Phi) is 15.1. The summed E-state index contributed by atoms with van der Waals surface area (Å²) in [6.45, 7) is 25.6. The number of aromatic nitrogens is 1. The van der Waals surface area contributed by atoms with Gasteiger partial charge < -0.3 is 19.0 Å². The highest BCUT2D eigenvalue weighted by atomic mass is 32.1. The molecule has 1 unspecified atom stereocenters. The molecule has 296 valence electrons. The molecule has 0 amide bonds. The fraction of sp³-hybridized carbons (Fsp3) is 0.565. The number of hydrogen-bond donors (Lipinski definition) is 1. The Morgan fingerprint density at radius 2 is 1.63 bits per heavy atom. The number of ether oxygens (including phenoxy) is 2. The minimum Gasteiger partial charge on any atom is -0.400 e. The fourth-order valence-corrected chi connectivity index (χ4v) is 13.3. The molecule has 2 aromatic carbocycles. The molecule has 0 saturated carbocycles. The quantitative estimate of drug-likeness (QED) is 0.0836. The molecule has 1 saturated heterocycles. The van der Waals surface area contributed by atoms with Crippen molar-refractivity contribution in [2.75, 3.05) is 6.61 Å². The summed E-state index contributed by atoms with van der Waals surface area (Å²) in [5, 5.41) is 16.9. The molecule has 0 spiro atoms. The zero-order chi connectivity index (χ0) is 39.9. The number of unbranched alkanes of at least 4 members (excludes halogenated alkanes) is 1. The van der Waals surface area contributed by atoms with E-state index in [4.69, 9.17) is 18.9 Å². The molecule has 2 heterocycles. The van der Waals surface area contributed by atoms with E-state index < -0.39 is 31.5 Å². The maximum atomic E-state index is 13.7. The number of carbonyl (C=O) groups is 1. The first-order valence-electron chi connectivity index (χ1n) is 19.9. The number of carbonyl (C=O) groups excluding carboxylic acids is 1. The van der Waals surface area contributed by atoms with Gasteiger partial charge in [0.2, 0.25) is 0 Å². The molecule has 5 atom stereocenters. The number of nitrogens with zero attached hydrogens (tertiary/aromatic N) is 1. The third kappa shape index (κ3) is 10.8. The van der Waals surface area contributed by atoms with Crippen molar-refractivity contribution in [3.05, 3.63) is 94.0 Å². The standard InChI is InChI=1S/C46H67NO5SSi/c1-32(21-19-20-22-33(2)42(48)35(4)43(49)45(9,10)41-27-28-50-46(11,12)51-41)29-40(34(3)30-37-31-53-36(5)47-37)52-54(44(6,7)8,38-23-15-13-16-24-38)39-25-17-14-18-26-39/h13-18,21,23-26,30-31,33,35,40-42,48H,19-20,22,27-29H2,1-12H3/b32-21+,34-30+/t33-,35?,40-,41-,42+/m0/s1. The van der Waals surface area contributed by atoms with E-state index in [0.29, 0.717) is 13.0 Å². The van der Waals surface area contributed by atoms with Crippen LogP contribution in [-0.2, 0) is 18.7 Å². The Bertz CT molecular complexity index is 1670. The Morgan fingerprint density at radius 3 is 2.15 bits per heavy atom. The third-order valence-electron chi connectivity index (χ3n) is 11.3. The van der Waals surface area contributed by atoms with Gasteiger partial charge in [-0.15, -0.1) is 11.3 Å². The fourth-order valence-electron chi connectivity index (χ4n) is 8.06. The lowest BCUT2D eigenvalue weighted by atomic mass is 9.72. The van der Waals surface area contributed by atoms with Crippen molar-refractivity contribution in [2.45, 2.75) is 144 Å². The molecule has 8 heteroatoms. The maximum Gasteiger partial charge on any atom is 0.261 e. The Labute approximate surface area is 331 Å². The van der Waals surface area contributed by atoms with Gasteiger partial charge in [0.05, 0.1) is 41.0 Å². The normalized spacial score (nSPS) is 19.6. The number of allylic oxidation sites excluding steroid dienone is 1. The lowest BCUT2D eigenvalue weighted by Gasteiger charge is -2.45. The van der Waals surface area contributed by atoms with Crippen molar-refractivity contribution in [1.29, 1.82) is 0 Å². The topological polar surface area (TPSA) is 77.9 Å². The molecule has 0 aliphatic carbocycles. The molecule has 54 heavy (non-hydrogen) atoms. The van der Waals surface area contributed by atoms with E-state index in [1.54, 1.807) is 11.3 Å². The van der Waals surface area contributed by atoms with Crippen LogP contribution in [0.4, 0.5) is 0 Å². The highest BCUT2D eigenvalue weighted by Crippen LogP contribution is 2.40. The first kappa shape index (κ1) is 44.0. The van der Waals surface area contributed by atoms with Gasteiger partial charge in [-0.2, -0.15) is 0 Å². The Balaban J connectivity index is 1.51. The summed E-state index contributed by atoms with van der Waals surface area (Å²) in [5.41, 5.74) is 2.69. The molecule has 1 aliphatic heterocycles. The molecule has 0 bridgehead atoms. The summed E-state index contributed by atoms with van der Waals surface area (Å²) in [7, 11) is -2.83. The number of aliphatic hydroxyl groups is 1. The Morgan fingerprint density at radius 1 is 1.04 bits per heavy atom. The minimum absolute atomic E-state index is 0.0153. The van der Waals surface area contributed by atoms with Gasteiger partial charge in [0.15, 0.2) is 5.79 Å². The number of Topliss-reactive ketones (excluding diaryl/α,β-unsaturated/α-hetero) is 1. The third-order valence-corrected chi connectivity index (χ3v) is 17.2. The summed E-state index contributed by atoms with van der Waals surface area (Å²) in [4.78, 5) is 18.5. The molecular formula is C46H67NO5SSi. The maximum absolute atomic E-state index is 13.7. The number of ketones is 1. The second-order valence-corrected chi connectivity index (χ2v) is 22.9. The molecule has 1 aliphatic rings. The molecule has 3 aromatic rings. The van der Waals surface area contributed by atoms with E-state index in [1.807, 2.05) is 41.5 Å². The van der Waals surface area contributed by atoms with Gasteiger partial charge in [0, 0.05) is 11.3 Å². The minimum atomic E-state index is -2.83. The van der Waals surface area contributed by atoms with Gasteiger partial charge in [-0.3, -0.25) is 4.79 Å². The van der Waals surface area contributed by atoms with Crippen LogP contribution in [-0.4, -0.2) is 54.9 Å². The largest absolute Gasteiger partial charge is 0.400 e. The van der Waals surface area contributed by atoms with Crippen LogP contribution in [0.25, 0.3) is 6.08 Å². The van der Waals surface area contributed by atoms with E-state index in [1.165, 1.54) is 15.9 Å². The first-order valence-corrected chi connectivity index (χ1v) is 22.7. The summed E-state index contributed by atoms with van der Waals surface area (Å²) >= 11 is 1.67. The predicted octanol–water partition coefficient (Wildman–Crippen LogP) is 10.1. The molecule has 1 fully saturated rings. The number of rotatable bonds is 17. The van der Waals surface area contributed by atoms with Crippen molar-refractivity contribution in [1.82, 2.24) is 4.98 Å². The number of benzene rings is 2. The number of thiazole rings is 1. The van der Waals surface area contributed by atoms with E-state index in [0.717, 1.165) is 42.0 Å². The summed E-state index contributed by atoms with van der Waals surface area (Å²) in [6.07, 6.45) is 7.47. The van der Waals surface area contributed by atoms with Gasteiger partial charge in [0.25, 0.3) is 8.32 Å². The second-order valence-electron chi connectivity index (χ2n) is 17.6. The molecule has 4 rings (SSSR count). The van der Waals surface area contributed by atoms with Crippen LogP contribution in [0.15, 0.2) is 83.3 Å². The van der Waals surface area contributed by atoms with Crippen LogP contribution in [0.5, 0.6) is 0 Å². The molecule has 1 aromatic heterocycles. The van der Waals surface area contributed by atoms with Crippen molar-refractivity contribution < 1.29 is 23.8 Å². The second kappa shape index (κ2) is 18.5. The molecule has 1 N–H and O–H groups in total. The zero-order valence-electron chi connectivity index (χ0n) is 35.1. The van der Waals surface area contributed by atoms with Crippen molar-refractivity contribution in [3.63, 3.8) is 0 Å². The summed E-state index contributed by atoms with van der Waals surface area (Å²) in [5.74, 6) is -1.18. The average molecular weight is 774 g/mol. The smallest absolute Gasteiger partial charge is 0.261 e. The van der Waals surface area contributed by atoms with E-state index in [-0.39, 0.29) is 28.9 Å². The summed E-state index contributed by atoms with van der Waals surface area (Å²) < 4.78 is 19.6. The van der Waals surface area contributed by atoms with Crippen LogP contribution in [0.1, 0.15) is 119 Å². The highest BCUT2D eigenvalue weighted by molar-refractivity contribution is 7.09. The first-order chi connectivity index (χ1) is 25.3. The molecule has 0 radical (unpaired) electrons. The van der Waals surface area contributed by atoms with Gasteiger partial charge >= 0.3 is 0 Å². The van der Waals surface area contributed by atoms with Gasteiger partial charge in [-0.1, -0.05) is 121 Å². The molecular weight excluding hydrogens is 707 g/mol. The Hall–Kier alpha value is -2.72. The van der Waals surface area contributed by atoms with Crippen LogP contribution < -0.4 is 10.4 Å². The zero-order valence-corrected chi connectivity index (χ0v) is 36.9. The lowest BCUT2D eigenvalue weighted by molar-refractivity contribution is -0.289. The van der Waals surface area contributed by atoms with Gasteiger partial charge in [-0.25, -0.2) is 4.98 Å². The monoisotopic (exact) mass is 773 g/mol. The van der Waals surface area contributed by atoms with Crippen LogP contribution in [0.2, 0.25) is 5.04 Å². The average Bonchev–Trinajstić information content (AvgIpc) is 3.54. The van der Waals surface area contributed by atoms with E-state index >= 15 is 0 Å². The van der Waals surface area contributed by atoms with Crippen molar-refractivity contribution in [2.24, 2.45) is 17.3 Å². The van der Waals surface area contributed by atoms with Crippen LogP contribution >= 0.6 is 11.3 Å². The van der Waals surface area contributed by atoms with Gasteiger partial charge in [-0.05, 0) is 99.7 Å². The predicted molar refractivity (Wildman–Crippen MR) is 228 cm³/mol. The number of aliphatic hydroxyl groups excluding tert-OH is 1. The van der Waals surface area contributed by atoms with Crippen molar-refractivity contribution >= 4 is 41.9 Å². The number of aryl methyl sites for hydroxylation is 1. The highest BCUT2D eigenvalue weighted by Gasteiger charge is 2.51. The van der Waals surface area contributed by atoms with E-state index in [9.17, 15) is 9.90 Å². The van der Waals surface area contributed by atoms with E-state index in [2.05, 4.69) is 120 Å². The molecule has 6 nitrogen and oxygen atoms in total.